The van der Waals surface area contributed by atoms with Crippen LogP contribution >= 0.6 is 0 Å². The summed E-state index contributed by atoms with van der Waals surface area (Å²) in [5, 5.41) is 23.3. The summed E-state index contributed by atoms with van der Waals surface area (Å²) in [6.07, 6.45) is 0. The van der Waals surface area contributed by atoms with E-state index in [0.717, 1.165) is 4.90 Å². The number of nitrogens with zero attached hydrogens (tertiary/aromatic N) is 2. The highest BCUT2D eigenvalue weighted by Gasteiger charge is 2.70. The molecule has 2 aliphatic rings. The summed E-state index contributed by atoms with van der Waals surface area (Å²) in [4.78, 5) is 61.9. The summed E-state index contributed by atoms with van der Waals surface area (Å²) in [6, 6.07) is 37.9. The number of aliphatic hydroxyl groups is 1. The molecule has 5 aromatic rings. The van der Waals surface area contributed by atoms with Crippen molar-refractivity contribution in [1.29, 1.82) is 0 Å². The van der Waals surface area contributed by atoms with Gasteiger partial charge in [-0.1, -0.05) is 103 Å². The Kier molecular flexibility index (Phi) is 8.09. The minimum absolute atomic E-state index is 0.0508. The van der Waals surface area contributed by atoms with E-state index in [2.05, 4.69) is 0 Å². The van der Waals surface area contributed by atoms with Crippen LogP contribution in [0.15, 0.2) is 151 Å². The Bertz CT molecular complexity index is 2210. The Labute approximate surface area is 287 Å². The number of carbonyl (C=O) groups excluding carboxylic acids is 4. The van der Waals surface area contributed by atoms with Gasteiger partial charge in [-0.2, -0.15) is 0 Å². The van der Waals surface area contributed by atoms with E-state index < -0.39 is 46.0 Å². The van der Waals surface area contributed by atoms with Crippen LogP contribution in [0.25, 0.3) is 11.5 Å². The predicted molar refractivity (Wildman–Crippen MR) is 187 cm³/mol. The van der Waals surface area contributed by atoms with Crippen molar-refractivity contribution < 1.29 is 34.1 Å². The summed E-state index contributed by atoms with van der Waals surface area (Å²) in [7, 11) is 1.47. The van der Waals surface area contributed by atoms with Crippen LogP contribution in [0.2, 0.25) is 0 Å². The first-order valence-corrected chi connectivity index (χ1v) is 15.8. The van der Waals surface area contributed by atoms with Gasteiger partial charge in [0.05, 0.1) is 36.2 Å². The maximum absolute atomic E-state index is 15.6. The zero-order chi connectivity index (χ0) is 35.0. The molecular formula is C41H30N2O7. The molecule has 1 saturated heterocycles. The number of aromatic hydroxyl groups is 1. The number of aliphatic hydroxyl groups excluding tert-OH is 1. The maximum atomic E-state index is 15.6. The van der Waals surface area contributed by atoms with Crippen molar-refractivity contribution >= 4 is 40.5 Å². The van der Waals surface area contributed by atoms with Crippen molar-refractivity contribution in [3.63, 3.8) is 0 Å². The monoisotopic (exact) mass is 662 g/mol. The lowest BCUT2D eigenvalue weighted by Crippen LogP contribution is -2.56. The predicted octanol–water partition coefficient (Wildman–Crippen LogP) is 6.36. The van der Waals surface area contributed by atoms with Gasteiger partial charge < -0.3 is 19.8 Å². The summed E-state index contributed by atoms with van der Waals surface area (Å²) in [5.74, 6) is -4.54. The van der Waals surface area contributed by atoms with Crippen LogP contribution in [-0.2, 0) is 20.9 Å². The number of benzene rings is 5. The molecule has 9 heteroatoms. The molecule has 7 rings (SSSR count). The number of rotatable bonds is 8. The van der Waals surface area contributed by atoms with E-state index in [-0.39, 0.29) is 34.6 Å². The van der Waals surface area contributed by atoms with Crippen LogP contribution in [-0.4, -0.2) is 51.1 Å². The van der Waals surface area contributed by atoms with Crippen molar-refractivity contribution in [3.8, 4) is 11.5 Å². The van der Waals surface area contributed by atoms with E-state index >= 15 is 9.59 Å². The molecule has 246 valence electrons. The van der Waals surface area contributed by atoms with Crippen molar-refractivity contribution in [2.45, 2.75) is 12.1 Å². The minimum Gasteiger partial charge on any atom is -0.507 e. The lowest BCUT2D eigenvalue weighted by atomic mass is 9.77. The number of ketones is 2. The number of phenolic OH excluding ortho intramolecular Hbond substituents is 1. The largest absolute Gasteiger partial charge is 0.507 e. The highest BCUT2D eigenvalue weighted by atomic mass is 16.5. The lowest BCUT2D eigenvalue weighted by Gasteiger charge is -2.36. The van der Waals surface area contributed by atoms with Gasteiger partial charge >= 0.3 is 5.91 Å². The maximum Gasteiger partial charge on any atom is 0.300 e. The highest BCUT2D eigenvalue weighted by molar-refractivity contribution is 6.56. The average molecular weight is 663 g/mol. The molecule has 0 saturated carbocycles. The molecule has 1 spiro atoms. The van der Waals surface area contributed by atoms with Crippen molar-refractivity contribution in [1.82, 2.24) is 4.90 Å². The molecule has 0 bridgehead atoms. The first kappa shape index (κ1) is 31.8. The van der Waals surface area contributed by atoms with Gasteiger partial charge in [0.2, 0.25) is 0 Å². The fraction of sp³-hybridized carbons (Fsp3) is 0.0732. The van der Waals surface area contributed by atoms with Gasteiger partial charge in [0.25, 0.3) is 11.7 Å². The molecule has 0 radical (unpaired) electrons. The van der Waals surface area contributed by atoms with Gasteiger partial charge in [-0.05, 0) is 47.5 Å². The van der Waals surface area contributed by atoms with Crippen LogP contribution < -0.4 is 9.64 Å². The van der Waals surface area contributed by atoms with Crippen molar-refractivity contribution in [2.75, 3.05) is 12.0 Å². The number of phenols is 1. The Morgan fingerprint density at radius 3 is 1.92 bits per heavy atom. The van der Waals surface area contributed by atoms with Gasteiger partial charge in [-0.3, -0.25) is 24.1 Å². The van der Waals surface area contributed by atoms with Gasteiger partial charge in [-0.15, -0.1) is 0 Å². The molecule has 2 heterocycles. The highest BCUT2D eigenvalue weighted by Crippen LogP contribution is 2.55. The second-order valence-electron chi connectivity index (χ2n) is 11.8. The quantitative estimate of drug-likeness (QED) is 0.0858. The molecule has 5 aromatic carbocycles. The Morgan fingerprint density at radius 1 is 0.720 bits per heavy atom. The number of amides is 2. The SMILES string of the molecule is COc1ccc(/C(O)=C2\C(=O)C(=O)N(c3ccccc3O)C23C(=O)N(Cc2ccccc2)C(c2ccccc2)=C3C(=O)c2ccccc2)cc1. The summed E-state index contributed by atoms with van der Waals surface area (Å²) in [5.41, 5.74) is -1.99. The van der Waals surface area contributed by atoms with Crippen LogP contribution in [0.1, 0.15) is 27.0 Å². The summed E-state index contributed by atoms with van der Waals surface area (Å²) >= 11 is 0. The second-order valence-corrected chi connectivity index (χ2v) is 11.8. The molecule has 1 unspecified atom stereocenters. The molecule has 9 nitrogen and oxygen atoms in total. The average Bonchev–Trinajstić information content (AvgIpc) is 3.54. The molecule has 2 amide bonds. The first-order chi connectivity index (χ1) is 24.3. The van der Waals surface area contributed by atoms with Crippen molar-refractivity contribution in [3.05, 3.63) is 173 Å². The number of hydrogen-bond acceptors (Lipinski definition) is 7. The molecule has 0 aromatic heterocycles. The van der Waals surface area contributed by atoms with E-state index in [1.165, 1.54) is 48.4 Å². The zero-order valence-electron chi connectivity index (χ0n) is 26.8. The van der Waals surface area contributed by atoms with Crippen LogP contribution in [0, 0.1) is 0 Å². The fourth-order valence-corrected chi connectivity index (χ4v) is 6.72. The first-order valence-electron chi connectivity index (χ1n) is 15.8. The van der Waals surface area contributed by atoms with Crippen LogP contribution in [0.5, 0.6) is 11.5 Å². The van der Waals surface area contributed by atoms with E-state index in [1.807, 2.05) is 30.3 Å². The Morgan fingerprint density at radius 2 is 1.30 bits per heavy atom. The summed E-state index contributed by atoms with van der Waals surface area (Å²) < 4.78 is 5.27. The molecule has 2 aliphatic heterocycles. The third-order valence-electron chi connectivity index (χ3n) is 8.96. The number of ether oxygens (including phenoxy) is 1. The minimum atomic E-state index is -2.55. The molecule has 0 aliphatic carbocycles. The molecule has 1 atom stereocenters. The lowest BCUT2D eigenvalue weighted by molar-refractivity contribution is -0.133. The number of hydrogen-bond donors (Lipinski definition) is 2. The van der Waals surface area contributed by atoms with Crippen LogP contribution in [0.4, 0.5) is 5.69 Å². The van der Waals surface area contributed by atoms with Gasteiger partial charge in [0, 0.05) is 11.1 Å². The normalized spacial score (nSPS) is 18.3. The van der Waals surface area contributed by atoms with E-state index in [0.29, 0.717) is 16.9 Å². The van der Waals surface area contributed by atoms with Gasteiger partial charge in [-0.25, -0.2) is 0 Å². The Hall–Kier alpha value is -6.74. The smallest absolute Gasteiger partial charge is 0.300 e. The number of anilines is 1. The van der Waals surface area contributed by atoms with Crippen LogP contribution in [0.3, 0.4) is 0 Å². The fourth-order valence-electron chi connectivity index (χ4n) is 6.72. The third-order valence-corrected chi connectivity index (χ3v) is 8.96. The number of carbonyl (C=O) groups is 4. The number of methoxy groups -OCH3 is 1. The number of para-hydroxylation sites is 2. The summed E-state index contributed by atoms with van der Waals surface area (Å²) in [6.45, 7) is -0.0508. The molecule has 50 heavy (non-hydrogen) atoms. The molecule has 1 fully saturated rings. The third kappa shape index (κ3) is 4.95. The Balaban J connectivity index is 1.65. The number of Topliss-reactive ketones (excluding diaryl/α,β-unsaturated/α-hetero) is 2. The standard InChI is InChI=1S/C41H30N2O7/c1-50-30-23-21-29(22-24-30)37(46)34-38(47)39(48)43(31-19-11-12-20-32(31)44)41(34)33(36(45)28-17-9-4-10-18-28)35(27-15-7-3-8-16-27)42(40(41)49)25-26-13-5-2-6-14-26/h2-24,44,46H,25H2,1H3/b37-34-. The van der Waals surface area contributed by atoms with E-state index in [1.54, 1.807) is 72.8 Å². The van der Waals surface area contributed by atoms with E-state index in [9.17, 15) is 19.8 Å². The molecule has 2 N–H and O–H groups in total. The zero-order valence-corrected chi connectivity index (χ0v) is 26.8. The van der Waals surface area contributed by atoms with Gasteiger partial charge in [0.15, 0.2) is 11.3 Å². The van der Waals surface area contributed by atoms with Gasteiger partial charge in [0.1, 0.15) is 17.3 Å². The molecular weight excluding hydrogens is 632 g/mol. The topological polar surface area (TPSA) is 124 Å². The van der Waals surface area contributed by atoms with E-state index in [4.69, 9.17) is 4.74 Å². The second kappa shape index (κ2) is 12.7. The van der Waals surface area contributed by atoms with Crippen molar-refractivity contribution in [2.24, 2.45) is 0 Å².